The van der Waals surface area contributed by atoms with Crippen LogP contribution in [0.5, 0.6) is 0 Å². The minimum Gasteiger partial charge on any atom is -0.306 e. The van der Waals surface area contributed by atoms with E-state index in [9.17, 15) is 0 Å². The largest absolute Gasteiger partial charge is 0.306 e. The van der Waals surface area contributed by atoms with Crippen molar-refractivity contribution >= 4 is 0 Å². The first kappa shape index (κ1) is 13.2. The second-order valence-electron chi connectivity index (χ2n) is 5.51. The van der Waals surface area contributed by atoms with Gasteiger partial charge in [-0.3, -0.25) is 14.6 Å². The molecule has 1 atom stereocenters. The quantitative estimate of drug-likeness (QED) is 0.858. The highest BCUT2D eigenvalue weighted by atomic mass is 15.3. The molecule has 0 saturated carbocycles. The van der Waals surface area contributed by atoms with Crippen LogP contribution in [0.25, 0.3) is 11.3 Å². The molecule has 0 radical (unpaired) electrons. The summed E-state index contributed by atoms with van der Waals surface area (Å²) in [4.78, 5) is 11.6. The van der Waals surface area contributed by atoms with Gasteiger partial charge in [-0.05, 0) is 33.4 Å². The first-order valence-corrected chi connectivity index (χ1v) is 7.29. The molecule has 5 nitrogen and oxygen atoms in total. The molecule has 0 aromatic carbocycles. The zero-order valence-corrected chi connectivity index (χ0v) is 12.2. The zero-order valence-electron chi connectivity index (χ0n) is 12.2. The molecule has 3 rings (SSSR count). The van der Waals surface area contributed by atoms with Gasteiger partial charge in [-0.1, -0.05) is 0 Å². The van der Waals surface area contributed by atoms with Crippen LogP contribution in [0.3, 0.4) is 0 Å². The smallest absolute Gasteiger partial charge is 0.0916 e. The van der Waals surface area contributed by atoms with Crippen LogP contribution in [-0.4, -0.2) is 44.8 Å². The Kier molecular flexibility index (Phi) is 3.78. The first-order chi connectivity index (χ1) is 9.76. The van der Waals surface area contributed by atoms with E-state index in [1.807, 2.05) is 29.5 Å². The average Bonchev–Trinajstić information content (AvgIpc) is 2.96. The van der Waals surface area contributed by atoms with Crippen molar-refractivity contribution in [3.05, 3.63) is 30.5 Å². The molecule has 0 aliphatic carbocycles. The lowest BCUT2D eigenvalue weighted by Crippen LogP contribution is -2.31. The fourth-order valence-electron chi connectivity index (χ4n) is 2.77. The molecule has 106 valence electrons. The Bertz CT molecular complexity index is 560. The third-order valence-corrected chi connectivity index (χ3v) is 3.97. The van der Waals surface area contributed by atoms with Crippen molar-refractivity contribution in [1.82, 2.24) is 24.6 Å². The van der Waals surface area contributed by atoms with Crippen molar-refractivity contribution in [2.75, 3.05) is 20.1 Å². The van der Waals surface area contributed by atoms with Crippen LogP contribution >= 0.6 is 0 Å². The van der Waals surface area contributed by atoms with Gasteiger partial charge in [0, 0.05) is 37.0 Å². The molecule has 2 aromatic heterocycles. The van der Waals surface area contributed by atoms with Crippen molar-refractivity contribution in [2.45, 2.75) is 32.2 Å². The van der Waals surface area contributed by atoms with E-state index in [0.717, 1.165) is 30.0 Å². The third-order valence-electron chi connectivity index (χ3n) is 3.97. The molecule has 1 aliphatic rings. The molecule has 1 aliphatic heterocycles. The number of aryl methyl sites for hydroxylation is 1. The van der Waals surface area contributed by atoms with E-state index in [2.05, 4.69) is 33.9 Å². The first-order valence-electron chi connectivity index (χ1n) is 7.29. The van der Waals surface area contributed by atoms with E-state index in [1.165, 1.54) is 19.4 Å². The zero-order chi connectivity index (χ0) is 13.9. The molecule has 0 unspecified atom stereocenters. The number of rotatable bonds is 3. The highest BCUT2D eigenvalue weighted by molar-refractivity contribution is 5.55. The van der Waals surface area contributed by atoms with Gasteiger partial charge in [0.15, 0.2) is 0 Å². The lowest BCUT2D eigenvalue weighted by Gasteiger charge is -2.29. The molecule has 3 heterocycles. The maximum Gasteiger partial charge on any atom is 0.0916 e. The van der Waals surface area contributed by atoms with Crippen molar-refractivity contribution in [3.8, 4) is 11.3 Å². The van der Waals surface area contributed by atoms with E-state index < -0.39 is 0 Å². The van der Waals surface area contributed by atoms with Crippen LogP contribution in [0.1, 0.15) is 31.4 Å². The average molecular weight is 271 g/mol. The third kappa shape index (κ3) is 2.72. The summed E-state index contributed by atoms with van der Waals surface area (Å²) in [5.74, 6) is 0.522. The van der Waals surface area contributed by atoms with Gasteiger partial charge in [0.2, 0.25) is 0 Å². The molecule has 20 heavy (non-hydrogen) atoms. The van der Waals surface area contributed by atoms with Crippen LogP contribution in [0.2, 0.25) is 0 Å². The van der Waals surface area contributed by atoms with Gasteiger partial charge in [-0.2, -0.15) is 5.10 Å². The van der Waals surface area contributed by atoms with E-state index in [-0.39, 0.29) is 0 Å². The Morgan fingerprint density at radius 2 is 2.15 bits per heavy atom. The van der Waals surface area contributed by atoms with E-state index >= 15 is 0 Å². The van der Waals surface area contributed by atoms with E-state index in [4.69, 9.17) is 0 Å². The lowest BCUT2D eigenvalue weighted by atomic mass is 9.95. The predicted molar refractivity (Wildman–Crippen MR) is 78.4 cm³/mol. The lowest BCUT2D eigenvalue weighted by molar-refractivity contribution is 0.248. The molecule has 0 bridgehead atoms. The van der Waals surface area contributed by atoms with Crippen LogP contribution in [0, 0.1) is 0 Å². The topological polar surface area (TPSA) is 46.8 Å². The van der Waals surface area contributed by atoms with Crippen molar-refractivity contribution in [2.24, 2.45) is 0 Å². The molecular formula is C15H21N5. The minimum atomic E-state index is 0.522. The number of hydrogen-bond donors (Lipinski definition) is 0. The van der Waals surface area contributed by atoms with Gasteiger partial charge >= 0.3 is 0 Å². The summed E-state index contributed by atoms with van der Waals surface area (Å²) in [7, 11) is 2.17. The van der Waals surface area contributed by atoms with Gasteiger partial charge < -0.3 is 4.90 Å². The summed E-state index contributed by atoms with van der Waals surface area (Å²) in [6.07, 6.45) is 10.1. The van der Waals surface area contributed by atoms with Gasteiger partial charge in [0.05, 0.1) is 23.8 Å². The fraction of sp³-hybridized carbons (Fsp3) is 0.533. The number of likely N-dealkylation sites (tertiary alicyclic amines) is 1. The molecule has 1 saturated heterocycles. The summed E-state index contributed by atoms with van der Waals surface area (Å²) in [5.41, 5.74) is 3.05. The summed E-state index contributed by atoms with van der Waals surface area (Å²) in [6.45, 7) is 5.23. The number of likely N-dealkylation sites (N-methyl/N-ethyl adjacent to an activating group) is 1. The Morgan fingerprint density at radius 3 is 2.80 bits per heavy atom. The fourth-order valence-corrected chi connectivity index (χ4v) is 2.77. The summed E-state index contributed by atoms with van der Waals surface area (Å²) >= 11 is 0. The Morgan fingerprint density at radius 1 is 1.25 bits per heavy atom. The Labute approximate surface area is 119 Å². The molecule has 1 fully saturated rings. The Balaban J connectivity index is 1.77. The highest BCUT2D eigenvalue weighted by Gasteiger charge is 2.20. The standard InChI is InChI=1S/C15H21N5/c1-3-20-11-13(7-18-20)15-9-16-14(8-17-15)12-5-4-6-19(2)10-12/h7-9,11-12H,3-6,10H2,1-2H3/t12-/m1/s1. The molecular weight excluding hydrogens is 250 g/mol. The van der Waals surface area contributed by atoms with Crippen molar-refractivity contribution < 1.29 is 0 Å². The summed E-state index contributed by atoms with van der Waals surface area (Å²) < 4.78 is 1.90. The van der Waals surface area contributed by atoms with Crippen LogP contribution in [0.15, 0.2) is 24.8 Å². The molecule has 0 N–H and O–H groups in total. The number of piperidine rings is 1. The maximum atomic E-state index is 4.62. The van der Waals surface area contributed by atoms with Gasteiger partial charge in [-0.25, -0.2) is 0 Å². The van der Waals surface area contributed by atoms with Gasteiger partial charge in [0.25, 0.3) is 0 Å². The number of nitrogens with zero attached hydrogens (tertiary/aromatic N) is 5. The van der Waals surface area contributed by atoms with Crippen molar-refractivity contribution in [3.63, 3.8) is 0 Å². The summed E-state index contributed by atoms with van der Waals surface area (Å²) in [6, 6.07) is 0. The molecule has 2 aromatic rings. The SMILES string of the molecule is CCn1cc(-c2cnc([C@@H]3CCCN(C)C3)cn2)cn1. The van der Waals surface area contributed by atoms with Crippen molar-refractivity contribution in [1.29, 1.82) is 0 Å². The normalized spacial score (nSPS) is 20.2. The van der Waals surface area contributed by atoms with Gasteiger partial charge in [0.1, 0.15) is 0 Å². The second kappa shape index (κ2) is 5.71. The van der Waals surface area contributed by atoms with E-state index in [1.54, 1.807) is 0 Å². The van der Waals surface area contributed by atoms with Gasteiger partial charge in [-0.15, -0.1) is 0 Å². The second-order valence-corrected chi connectivity index (χ2v) is 5.51. The molecule has 0 amide bonds. The van der Waals surface area contributed by atoms with Crippen LogP contribution in [0.4, 0.5) is 0 Å². The molecule has 0 spiro atoms. The van der Waals surface area contributed by atoms with Crippen LogP contribution < -0.4 is 0 Å². The maximum absolute atomic E-state index is 4.62. The molecule has 5 heteroatoms. The number of hydrogen-bond acceptors (Lipinski definition) is 4. The monoisotopic (exact) mass is 271 g/mol. The van der Waals surface area contributed by atoms with Crippen LogP contribution in [-0.2, 0) is 6.54 Å². The predicted octanol–water partition coefficient (Wildman–Crippen LogP) is 2.17. The number of aromatic nitrogens is 4. The van der Waals surface area contributed by atoms with E-state index in [0.29, 0.717) is 5.92 Å². The summed E-state index contributed by atoms with van der Waals surface area (Å²) in [5, 5.41) is 4.28. The minimum absolute atomic E-state index is 0.522. The Hall–Kier alpha value is -1.75. The highest BCUT2D eigenvalue weighted by Crippen LogP contribution is 2.25.